The van der Waals surface area contributed by atoms with Gasteiger partial charge in [0.05, 0.1) is 0 Å². The van der Waals surface area contributed by atoms with E-state index in [2.05, 4.69) is 20.3 Å². The molecule has 18 heavy (non-hydrogen) atoms. The Morgan fingerprint density at radius 2 is 2.00 bits per heavy atom. The molecule has 1 fully saturated rings. The molecule has 0 unspecified atom stereocenters. The Kier molecular flexibility index (Phi) is 3.02. The molecule has 2 heterocycles. The maximum atomic E-state index is 4.39. The van der Waals surface area contributed by atoms with Crippen LogP contribution >= 0.6 is 0 Å². The molecule has 0 radical (unpaired) electrons. The molecule has 2 aromatic heterocycles. The van der Waals surface area contributed by atoms with Crippen LogP contribution in [-0.2, 0) is 6.54 Å². The average Bonchev–Trinajstić information content (AvgIpc) is 3.22. The van der Waals surface area contributed by atoms with Crippen molar-refractivity contribution in [3.05, 3.63) is 41.9 Å². The van der Waals surface area contributed by atoms with Gasteiger partial charge in [-0.25, -0.2) is 9.97 Å². The second-order valence-corrected chi connectivity index (χ2v) is 4.74. The van der Waals surface area contributed by atoms with Crippen molar-refractivity contribution in [2.75, 3.05) is 0 Å². The van der Waals surface area contributed by atoms with Crippen molar-refractivity contribution >= 4 is 0 Å². The van der Waals surface area contributed by atoms with Crippen LogP contribution < -0.4 is 5.32 Å². The van der Waals surface area contributed by atoms with Gasteiger partial charge in [-0.3, -0.25) is 4.98 Å². The third-order valence-corrected chi connectivity index (χ3v) is 3.10. The topological polar surface area (TPSA) is 50.7 Å². The SMILES string of the molecule is Cc1cccnc1-c1ncc(CNC2CC2)cn1. The van der Waals surface area contributed by atoms with Crippen molar-refractivity contribution in [3.63, 3.8) is 0 Å². The summed E-state index contributed by atoms with van der Waals surface area (Å²) in [6.07, 6.45) is 8.13. The van der Waals surface area contributed by atoms with Gasteiger partial charge >= 0.3 is 0 Å². The van der Waals surface area contributed by atoms with Crippen LogP contribution in [0.3, 0.4) is 0 Å². The third kappa shape index (κ3) is 2.54. The van der Waals surface area contributed by atoms with Crippen LogP contribution in [0.2, 0.25) is 0 Å². The molecule has 4 nitrogen and oxygen atoms in total. The van der Waals surface area contributed by atoms with Crippen molar-refractivity contribution < 1.29 is 0 Å². The Morgan fingerprint density at radius 1 is 1.22 bits per heavy atom. The van der Waals surface area contributed by atoms with E-state index >= 15 is 0 Å². The van der Waals surface area contributed by atoms with Gasteiger partial charge in [-0.05, 0) is 31.4 Å². The molecule has 1 aliphatic carbocycles. The molecule has 0 spiro atoms. The largest absolute Gasteiger partial charge is 0.310 e. The Bertz CT molecular complexity index is 532. The maximum absolute atomic E-state index is 4.39. The van der Waals surface area contributed by atoms with E-state index in [4.69, 9.17) is 0 Å². The minimum Gasteiger partial charge on any atom is -0.310 e. The van der Waals surface area contributed by atoms with E-state index in [-0.39, 0.29) is 0 Å². The van der Waals surface area contributed by atoms with Gasteiger partial charge in [-0.15, -0.1) is 0 Å². The summed E-state index contributed by atoms with van der Waals surface area (Å²) in [7, 11) is 0. The second-order valence-electron chi connectivity index (χ2n) is 4.74. The highest BCUT2D eigenvalue weighted by molar-refractivity contribution is 5.53. The fourth-order valence-corrected chi connectivity index (χ4v) is 1.84. The Balaban J connectivity index is 1.75. The molecule has 1 saturated carbocycles. The third-order valence-electron chi connectivity index (χ3n) is 3.10. The number of rotatable bonds is 4. The highest BCUT2D eigenvalue weighted by atomic mass is 15.0. The van der Waals surface area contributed by atoms with Crippen molar-refractivity contribution in [1.29, 1.82) is 0 Å². The molecule has 2 aromatic rings. The predicted octanol–water partition coefficient (Wildman–Crippen LogP) is 2.10. The van der Waals surface area contributed by atoms with Gasteiger partial charge in [0.25, 0.3) is 0 Å². The molecule has 0 bridgehead atoms. The molecule has 3 rings (SSSR count). The van der Waals surface area contributed by atoms with Crippen LogP contribution in [-0.4, -0.2) is 21.0 Å². The van der Waals surface area contributed by atoms with E-state index in [1.807, 2.05) is 31.5 Å². The van der Waals surface area contributed by atoms with Crippen molar-refractivity contribution in [2.45, 2.75) is 32.4 Å². The molecule has 92 valence electrons. The predicted molar refractivity (Wildman–Crippen MR) is 69.9 cm³/mol. The first kappa shape index (κ1) is 11.3. The van der Waals surface area contributed by atoms with Gasteiger partial charge in [0.1, 0.15) is 5.69 Å². The first-order chi connectivity index (χ1) is 8.83. The molecule has 1 N–H and O–H groups in total. The summed E-state index contributed by atoms with van der Waals surface area (Å²) in [4.78, 5) is 13.1. The molecule has 4 heteroatoms. The molecule has 1 aliphatic rings. The summed E-state index contributed by atoms with van der Waals surface area (Å²) < 4.78 is 0. The molecule has 0 saturated heterocycles. The van der Waals surface area contributed by atoms with Crippen molar-refractivity contribution in [2.24, 2.45) is 0 Å². The van der Waals surface area contributed by atoms with E-state index in [0.29, 0.717) is 11.9 Å². The van der Waals surface area contributed by atoms with E-state index in [0.717, 1.165) is 23.4 Å². The molecule has 0 atom stereocenters. The summed E-state index contributed by atoms with van der Waals surface area (Å²) in [5.74, 6) is 0.697. The fourth-order valence-electron chi connectivity index (χ4n) is 1.84. The molecule has 0 aromatic carbocycles. The molecule has 0 aliphatic heterocycles. The Labute approximate surface area is 107 Å². The zero-order valence-corrected chi connectivity index (χ0v) is 10.4. The van der Waals surface area contributed by atoms with Crippen LogP contribution in [0.15, 0.2) is 30.7 Å². The number of nitrogens with one attached hydrogen (secondary N) is 1. The smallest absolute Gasteiger partial charge is 0.178 e. The number of aryl methyl sites for hydroxylation is 1. The summed E-state index contributed by atoms with van der Waals surface area (Å²) in [5, 5.41) is 3.45. The lowest BCUT2D eigenvalue weighted by Gasteiger charge is -2.05. The van der Waals surface area contributed by atoms with Crippen LogP contribution in [0.5, 0.6) is 0 Å². The van der Waals surface area contributed by atoms with Gasteiger partial charge in [0.2, 0.25) is 0 Å². The van der Waals surface area contributed by atoms with Crippen molar-refractivity contribution in [3.8, 4) is 11.5 Å². The lowest BCUT2D eigenvalue weighted by Crippen LogP contribution is -2.15. The van der Waals surface area contributed by atoms with Crippen molar-refractivity contribution in [1.82, 2.24) is 20.3 Å². The second kappa shape index (κ2) is 4.82. The van der Waals surface area contributed by atoms with E-state index in [9.17, 15) is 0 Å². The average molecular weight is 240 g/mol. The summed E-state index contributed by atoms with van der Waals surface area (Å²) >= 11 is 0. The van der Waals surface area contributed by atoms with Gasteiger partial charge < -0.3 is 5.32 Å². The highest BCUT2D eigenvalue weighted by Gasteiger charge is 2.20. The van der Waals surface area contributed by atoms with Gasteiger partial charge in [0.15, 0.2) is 5.82 Å². The number of nitrogens with zero attached hydrogens (tertiary/aromatic N) is 3. The van der Waals surface area contributed by atoms with E-state index in [1.165, 1.54) is 12.8 Å². The minimum atomic E-state index is 0.697. The fraction of sp³-hybridized carbons (Fsp3) is 0.357. The lowest BCUT2D eigenvalue weighted by atomic mass is 10.2. The number of pyridine rings is 1. The number of aromatic nitrogens is 3. The van der Waals surface area contributed by atoms with Crippen LogP contribution in [0, 0.1) is 6.92 Å². The normalized spacial score (nSPS) is 14.7. The standard InChI is InChI=1S/C14H16N4/c1-10-3-2-6-15-13(10)14-17-8-11(9-18-14)7-16-12-4-5-12/h2-3,6,8-9,12,16H,4-5,7H2,1H3. The summed E-state index contributed by atoms with van der Waals surface area (Å²) in [6, 6.07) is 4.66. The van der Waals surface area contributed by atoms with Crippen LogP contribution in [0.4, 0.5) is 0 Å². The number of hydrogen-bond acceptors (Lipinski definition) is 4. The zero-order valence-electron chi connectivity index (χ0n) is 10.4. The number of hydrogen-bond donors (Lipinski definition) is 1. The monoisotopic (exact) mass is 240 g/mol. The molecular formula is C14H16N4. The van der Waals surface area contributed by atoms with Gasteiger partial charge in [0, 0.05) is 36.7 Å². The molecule has 0 amide bonds. The zero-order chi connectivity index (χ0) is 12.4. The first-order valence-electron chi connectivity index (χ1n) is 6.29. The Hall–Kier alpha value is -1.81. The maximum Gasteiger partial charge on any atom is 0.178 e. The summed E-state index contributed by atoms with van der Waals surface area (Å²) in [6.45, 7) is 2.88. The molecular weight excluding hydrogens is 224 g/mol. The highest BCUT2D eigenvalue weighted by Crippen LogP contribution is 2.19. The van der Waals surface area contributed by atoms with Gasteiger partial charge in [-0.1, -0.05) is 6.07 Å². The minimum absolute atomic E-state index is 0.697. The van der Waals surface area contributed by atoms with Crippen LogP contribution in [0.1, 0.15) is 24.0 Å². The quantitative estimate of drug-likeness (QED) is 0.889. The van der Waals surface area contributed by atoms with E-state index < -0.39 is 0 Å². The van der Waals surface area contributed by atoms with Gasteiger partial charge in [-0.2, -0.15) is 0 Å². The first-order valence-corrected chi connectivity index (χ1v) is 6.29. The summed E-state index contributed by atoms with van der Waals surface area (Å²) in [5.41, 5.74) is 3.08. The Morgan fingerprint density at radius 3 is 2.67 bits per heavy atom. The van der Waals surface area contributed by atoms with Crippen LogP contribution in [0.25, 0.3) is 11.5 Å². The van der Waals surface area contributed by atoms with E-state index in [1.54, 1.807) is 6.20 Å². The lowest BCUT2D eigenvalue weighted by molar-refractivity contribution is 0.683.